The van der Waals surface area contributed by atoms with E-state index in [0.29, 0.717) is 22.2 Å². The number of nitrogens with one attached hydrogen (secondary N) is 1. The van der Waals surface area contributed by atoms with Gasteiger partial charge in [0, 0.05) is 43.1 Å². The zero-order valence-electron chi connectivity index (χ0n) is 20.1. The highest BCUT2D eigenvalue weighted by atomic mass is 19.1. The van der Waals surface area contributed by atoms with E-state index in [0.717, 1.165) is 12.7 Å². The molecule has 0 saturated heterocycles. The lowest BCUT2D eigenvalue weighted by molar-refractivity contribution is 0.192. The molecule has 35 heavy (non-hydrogen) atoms. The van der Waals surface area contributed by atoms with Crippen LogP contribution in [0, 0.1) is 11.6 Å². The van der Waals surface area contributed by atoms with Crippen LogP contribution in [0.4, 0.5) is 14.7 Å². The lowest BCUT2D eigenvalue weighted by Crippen LogP contribution is -2.02. The molecule has 0 unspecified atom stereocenters. The van der Waals surface area contributed by atoms with Crippen LogP contribution < -0.4 is 15.2 Å². The van der Waals surface area contributed by atoms with Crippen LogP contribution in [-0.4, -0.2) is 53.1 Å². The van der Waals surface area contributed by atoms with E-state index in [-0.39, 0.29) is 28.7 Å². The zero-order chi connectivity index (χ0) is 25.4. The van der Waals surface area contributed by atoms with Crippen molar-refractivity contribution in [3.8, 4) is 34.0 Å². The maximum absolute atomic E-state index is 14.9. The first-order chi connectivity index (χ1) is 16.9. The third-order valence-electron chi connectivity index (χ3n) is 5.14. The molecule has 0 fully saturated rings. The second-order valence-corrected chi connectivity index (χ2v) is 7.49. The predicted molar refractivity (Wildman–Crippen MR) is 129 cm³/mol. The quantitative estimate of drug-likeness (QED) is 0.341. The molecule has 0 bridgehead atoms. The summed E-state index contributed by atoms with van der Waals surface area (Å²) in [5.74, 6) is -2.10. The SMILES string of the molecule is CCCCCOC.COc1cc(OC)c(F)c(-c2cc3cnc(N)nc3c(-c3cn[nH]c3)n2)c1F. The Labute approximate surface area is 201 Å². The van der Waals surface area contributed by atoms with Gasteiger partial charge in [0.2, 0.25) is 5.95 Å². The van der Waals surface area contributed by atoms with Gasteiger partial charge in [-0.15, -0.1) is 0 Å². The van der Waals surface area contributed by atoms with Gasteiger partial charge in [-0.3, -0.25) is 5.10 Å². The molecule has 4 rings (SSSR count). The van der Waals surface area contributed by atoms with E-state index < -0.39 is 11.6 Å². The predicted octanol–water partition coefficient (Wildman–Crippen LogP) is 4.78. The molecule has 0 aliphatic heterocycles. The average molecular weight is 487 g/mol. The third-order valence-corrected chi connectivity index (χ3v) is 5.14. The fraction of sp³-hybridized carbons (Fsp3) is 0.333. The van der Waals surface area contributed by atoms with Crippen molar-refractivity contribution in [2.75, 3.05) is 33.7 Å². The minimum atomic E-state index is -0.901. The molecular formula is C24H28F2N6O3. The molecule has 3 N–H and O–H groups in total. The standard InChI is InChI=1S/C18H14F2N6O2.C6H14O/c1-27-11-4-12(28-2)15(20)13(14(11)19)10-3-8-5-22-18(21)26-16(8)17(25-10)9-6-23-24-7-9;1-3-4-5-6-7-2/h3-7H,1-2H3,(H,23,24)(H2,21,22,26);3-6H2,1-2H3. The smallest absolute Gasteiger partial charge is 0.220 e. The number of anilines is 1. The number of pyridine rings is 1. The highest BCUT2D eigenvalue weighted by Crippen LogP contribution is 2.39. The summed E-state index contributed by atoms with van der Waals surface area (Å²) >= 11 is 0. The van der Waals surface area contributed by atoms with Gasteiger partial charge in [0.15, 0.2) is 23.1 Å². The van der Waals surface area contributed by atoms with Crippen LogP contribution in [0.15, 0.2) is 30.7 Å². The molecule has 1 aromatic carbocycles. The highest BCUT2D eigenvalue weighted by molar-refractivity contribution is 5.94. The number of fused-ring (bicyclic) bond motifs is 1. The Hall–Kier alpha value is -3.86. The molecule has 0 atom stereocenters. The molecule has 4 aromatic rings. The van der Waals surface area contributed by atoms with Crippen LogP contribution in [0.3, 0.4) is 0 Å². The molecule has 0 aliphatic carbocycles. The molecule has 186 valence electrons. The average Bonchev–Trinajstić information content (AvgIpc) is 3.40. The third kappa shape index (κ3) is 5.80. The number of halogens is 2. The molecule has 11 heteroatoms. The number of H-pyrrole nitrogens is 1. The number of benzene rings is 1. The first kappa shape index (κ1) is 25.8. The van der Waals surface area contributed by atoms with E-state index in [2.05, 4.69) is 32.1 Å². The van der Waals surface area contributed by atoms with Gasteiger partial charge in [-0.2, -0.15) is 5.10 Å². The monoisotopic (exact) mass is 486 g/mol. The number of nitrogens with zero attached hydrogens (tertiary/aromatic N) is 4. The van der Waals surface area contributed by atoms with Crippen molar-refractivity contribution in [2.45, 2.75) is 26.2 Å². The van der Waals surface area contributed by atoms with Gasteiger partial charge in [-0.05, 0) is 12.5 Å². The second kappa shape index (κ2) is 12.0. The first-order valence-electron chi connectivity index (χ1n) is 11.0. The molecule has 0 saturated carbocycles. The van der Waals surface area contributed by atoms with Crippen molar-refractivity contribution in [3.05, 3.63) is 42.4 Å². The molecule has 3 heterocycles. The van der Waals surface area contributed by atoms with Crippen LogP contribution in [0.1, 0.15) is 26.2 Å². The molecule has 3 aromatic heterocycles. The number of ether oxygens (including phenoxy) is 3. The normalized spacial score (nSPS) is 10.7. The fourth-order valence-electron chi connectivity index (χ4n) is 3.37. The Bertz CT molecular complexity index is 1240. The first-order valence-corrected chi connectivity index (χ1v) is 11.0. The molecule has 0 spiro atoms. The summed E-state index contributed by atoms with van der Waals surface area (Å²) in [6, 6.07) is 2.61. The Morgan fingerprint density at radius 3 is 2.26 bits per heavy atom. The maximum Gasteiger partial charge on any atom is 0.220 e. The van der Waals surface area contributed by atoms with Gasteiger partial charge in [0.25, 0.3) is 0 Å². The number of rotatable bonds is 8. The Morgan fingerprint density at radius 1 is 0.971 bits per heavy atom. The van der Waals surface area contributed by atoms with Gasteiger partial charge in [-0.25, -0.2) is 23.7 Å². The van der Waals surface area contributed by atoms with Crippen LogP contribution >= 0.6 is 0 Å². The van der Waals surface area contributed by atoms with E-state index in [1.165, 1.54) is 51.9 Å². The molecule has 0 amide bonds. The number of hydrogen-bond donors (Lipinski definition) is 2. The number of aromatic nitrogens is 5. The van der Waals surface area contributed by atoms with E-state index in [1.54, 1.807) is 13.3 Å². The summed E-state index contributed by atoms with van der Waals surface area (Å²) in [6.45, 7) is 3.11. The molecule has 0 aliphatic rings. The highest BCUT2D eigenvalue weighted by Gasteiger charge is 2.24. The fourth-order valence-corrected chi connectivity index (χ4v) is 3.37. The second-order valence-electron chi connectivity index (χ2n) is 7.49. The number of methoxy groups -OCH3 is 3. The van der Waals surface area contributed by atoms with Crippen LogP contribution in [-0.2, 0) is 4.74 Å². The van der Waals surface area contributed by atoms with Gasteiger partial charge in [0.1, 0.15) is 11.2 Å². The van der Waals surface area contributed by atoms with Crippen molar-refractivity contribution in [1.82, 2.24) is 25.1 Å². The van der Waals surface area contributed by atoms with Gasteiger partial charge < -0.3 is 19.9 Å². The van der Waals surface area contributed by atoms with Gasteiger partial charge in [-0.1, -0.05) is 19.8 Å². The van der Waals surface area contributed by atoms with Crippen molar-refractivity contribution < 1.29 is 23.0 Å². The summed E-state index contributed by atoms with van der Waals surface area (Å²) in [6.07, 6.45) is 8.36. The zero-order valence-corrected chi connectivity index (χ0v) is 20.1. The Morgan fingerprint density at radius 2 is 1.69 bits per heavy atom. The minimum Gasteiger partial charge on any atom is -0.494 e. The number of nitrogens with two attached hydrogens (primary N) is 1. The molecule has 0 radical (unpaired) electrons. The topological polar surface area (TPSA) is 121 Å². The lowest BCUT2D eigenvalue weighted by Gasteiger charge is -2.14. The molecular weight excluding hydrogens is 458 g/mol. The van der Waals surface area contributed by atoms with Crippen molar-refractivity contribution in [3.63, 3.8) is 0 Å². The number of unbranched alkanes of at least 4 members (excludes halogenated alkanes) is 2. The summed E-state index contributed by atoms with van der Waals surface area (Å²) < 4.78 is 44.7. The molecule has 9 nitrogen and oxygen atoms in total. The Balaban J connectivity index is 0.000000429. The van der Waals surface area contributed by atoms with E-state index in [1.807, 2.05) is 0 Å². The van der Waals surface area contributed by atoms with E-state index >= 15 is 0 Å². The van der Waals surface area contributed by atoms with Crippen molar-refractivity contribution in [2.24, 2.45) is 0 Å². The van der Waals surface area contributed by atoms with E-state index in [4.69, 9.17) is 19.9 Å². The van der Waals surface area contributed by atoms with E-state index in [9.17, 15) is 8.78 Å². The Kier molecular flexibility index (Phi) is 8.85. The van der Waals surface area contributed by atoms with Crippen LogP contribution in [0.2, 0.25) is 0 Å². The summed E-state index contributed by atoms with van der Waals surface area (Å²) in [4.78, 5) is 12.6. The summed E-state index contributed by atoms with van der Waals surface area (Å²) in [7, 11) is 4.30. The van der Waals surface area contributed by atoms with Crippen LogP contribution in [0.5, 0.6) is 11.5 Å². The largest absolute Gasteiger partial charge is 0.494 e. The number of nitrogen functional groups attached to an aromatic ring is 1. The van der Waals surface area contributed by atoms with Crippen molar-refractivity contribution in [1.29, 1.82) is 0 Å². The summed E-state index contributed by atoms with van der Waals surface area (Å²) in [5.41, 5.74) is 6.66. The van der Waals surface area contributed by atoms with Gasteiger partial charge >= 0.3 is 0 Å². The van der Waals surface area contributed by atoms with Crippen LogP contribution in [0.25, 0.3) is 33.4 Å². The van der Waals surface area contributed by atoms with Gasteiger partial charge in [0.05, 0.1) is 31.7 Å². The lowest BCUT2D eigenvalue weighted by atomic mass is 10.0. The maximum atomic E-state index is 14.9. The van der Waals surface area contributed by atoms with Crippen molar-refractivity contribution >= 4 is 16.9 Å². The number of aromatic amines is 1. The summed E-state index contributed by atoms with van der Waals surface area (Å²) in [5, 5.41) is 7.06. The minimum absolute atomic E-state index is 0.0178. The number of hydrogen-bond acceptors (Lipinski definition) is 8.